The molecule has 134 valence electrons. The van der Waals surface area contributed by atoms with E-state index in [1.54, 1.807) is 11.8 Å². The van der Waals surface area contributed by atoms with E-state index in [0.717, 1.165) is 19.4 Å². The second-order valence-corrected chi connectivity index (χ2v) is 7.39. The Balaban J connectivity index is 1.70. The van der Waals surface area contributed by atoms with E-state index in [4.69, 9.17) is 0 Å². The molecule has 0 radical (unpaired) electrons. The molecule has 3 nitrogen and oxygen atoms in total. The summed E-state index contributed by atoms with van der Waals surface area (Å²) in [5.41, 5.74) is 2.54. The summed E-state index contributed by atoms with van der Waals surface area (Å²) in [6.07, 6.45) is 4.01. The number of carbonyl (C=O) groups excluding carboxylic acids is 1. The number of thioether (sulfide) groups is 1. The lowest BCUT2D eigenvalue weighted by molar-refractivity contribution is -0.122. The standard InChI is InChI=1S/C21H28N2OS/c1-17(9-10-18-7-5-4-6-8-18)22-21(24)16-23(2)15-19-11-13-20(25-3)14-12-19/h4-8,11-14,17H,9-10,15-16H2,1-3H3,(H,22,24)/t17-/m0/s1. The van der Waals surface area contributed by atoms with E-state index in [-0.39, 0.29) is 11.9 Å². The largest absolute Gasteiger partial charge is 0.353 e. The van der Waals surface area contributed by atoms with Crippen LogP contribution in [0.2, 0.25) is 0 Å². The van der Waals surface area contributed by atoms with Gasteiger partial charge in [-0.1, -0.05) is 42.5 Å². The van der Waals surface area contributed by atoms with Crippen LogP contribution in [0.4, 0.5) is 0 Å². The molecule has 0 bridgehead atoms. The molecule has 25 heavy (non-hydrogen) atoms. The highest BCUT2D eigenvalue weighted by molar-refractivity contribution is 7.98. The number of aryl methyl sites for hydroxylation is 1. The average molecular weight is 357 g/mol. The first-order chi connectivity index (χ1) is 12.1. The van der Waals surface area contributed by atoms with E-state index >= 15 is 0 Å². The molecule has 4 heteroatoms. The SMILES string of the molecule is CSc1ccc(CN(C)CC(=O)N[C@@H](C)CCc2ccccc2)cc1. The molecular formula is C21H28N2OS. The van der Waals surface area contributed by atoms with Gasteiger partial charge in [-0.25, -0.2) is 0 Å². The van der Waals surface area contributed by atoms with Gasteiger partial charge in [0.15, 0.2) is 0 Å². The molecule has 0 saturated heterocycles. The first-order valence-electron chi connectivity index (χ1n) is 8.71. The fraction of sp³-hybridized carbons (Fsp3) is 0.381. The molecule has 1 amide bonds. The fourth-order valence-electron chi connectivity index (χ4n) is 2.76. The van der Waals surface area contributed by atoms with Gasteiger partial charge in [-0.15, -0.1) is 11.8 Å². The number of nitrogens with zero attached hydrogens (tertiary/aromatic N) is 1. The van der Waals surface area contributed by atoms with Gasteiger partial charge in [0.1, 0.15) is 0 Å². The molecule has 1 N–H and O–H groups in total. The van der Waals surface area contributed by atoms with Crippen molar-refractivity contribution in [2.24, 2.45) is 0 Å². The zero-order chi connectivity index (χ0) is 18.1. The average Bonchev–Trinajstić information content (AvgIpc) is 2.61. The predicted octanol–water partition coefficient (Wildman–Crippen LogP) is 3.98. The summed E-state index contributed by atoms with van der Waals surface area (Å²) in [6.45, 7) is 3.27. The Labute approximate surface area is 155 Å². The number of benzene rings is 2. The summed E-state index contributed by atoms with van der Waals surface area (Å²) in [7, 11) is 1.98. The number of nitrogens with one attached hydrogen (secondary N) is 1. The van der Waals surface area contributed by atoms with Gasteiger partial charge in [0.2, 0.25) is 5.91 Å². The topological polar surface area (TPSA) is 32.3 Å². The van der Waals surface area contributed by atoms with E-state index < -0.39 is 0 Å². The second-order valence-electron chi connectivity index (χ2n) is 6.51. The number of carbonyl (C=O) groups is 1. The summed E-state index contributed by atoms with van der Waals surface area (Å²) in [5, 5.41) is 3.10. The van der Waals surface area contributed by atoms with Crippen LogP contribution >= 0.6 is 11.8 Å². The zero-order valence-electron chi connectivity index (χ0n) is 15.4. The van der Waals surface area contributed by atoms with Crippen molar-refractivity contribution in [3.8, 4) is 0 Å². The maximum Gasteiger partial charge on any atom is 0.234 e. The van der Waals surface area contributed by atoms with Crippen LogP contribution in [0.15, 0.2) is 59.5 Å². The molecular weight excluding hydrogens is 328 g/mol. The molecule has 0 fully saturated rings. The molecule has 0 saturated carbocycles. The summed E-state index contributed by atoms with van der Waals surface area (Å²) >= 11 is 1.74. The lowest BCUT2D eigenvalue weighted by Crippen LogP contribution is -2.39. The minimum Gasteiger partial charge on any atom is -0.353 e. The number of hydrogen-bond acceptors (Lipinski definition) is 3. The third-order valence-electron chi connectivity index (χ3n) is 4.14. The Hall–Kier alpha value is -1.78. The van der Waals surface area contributed by atoms with E-state index in [2.05, 4.69) is 67.0 Å². The highest BCUT2D eigenvalue weighted by Gasteiger charge is 2.10. The summed E-state index contributed by atoms with van der Waals surface area (Å²) in [4.78, 5) is 15.5. The van der Waals surface area contributed by atoms with Crippen LogP contribution in [-0.4, -0.2) is 36.7 Å². The van der Waals surface area contributed by atoms with Gasteiger partial charge in [-0.2, -0.15) is 0 Å². The van der Waals surface area contributed by atoms with Gasteiger partial charge in [0.05, 0.1) is 6.54 Å². The molecule has 0 unspecified atom stereocenters. The van der Waals surface area contributed by atoms with Crippen LogP contribution < -0.4 is 5.32 Å². The molecule has 0 aliphatic carbocycles. The first-order valence-corrected chi connectivity index (χ1v) is 9.94. The van der Waals surface area contributed by atoms with E-state index in [0.29, 0.717) is 6.54 Å². The van der Waals surface area contributed by atoms with Gasteiger partial charge in [0.25, 0.3) is 0 Å². The zero-order valence-corrected chi connectivity index (χ0v) is 16.2. The van der Waals surface area contributed by atoms with E-state index in [1.807, 2.05) is 18.0 Å². The van der Waals surface area contributed by atoms with Gasteiger partial charge in [-0.05, 0) is 56.3 Å². The normalized spacial score (nSPS) is 12.2. The Kier molecular flexibility index (Phi) is 8.02. The first kappa shape index (κ1) is 19.5. The van der Waals surface area contributed by atoms with Crippen molar-refractivity contribution in [3.63, 3.8) is 0 Å². The Morgan fingerprint density at radius 1 is 1.08 bits per heavy atom. The highest BCUT2D eigenvalue weighted by atomic mass is 32.2. The number of likely N-dealkylation sites (N-methyl/N-ethyl adjacent to an activating group) is 1. The maximum absolute atomic E-state index is 12.2. The molecule has 0 aliphatic heterocycles. The van der Waals surface area contributed by atoms with Crippen molar-refractivity contribution in [1.29, 1.82) is 0 Å². The van der Waals surface area contributed by atoms with E-state index in [9.17, 15) is 4.79 Å². The van der Waals surface area contributed by atoms with Gasteiger partial charge >= 0.3 is 0 Å². The molecule has 2 aromatic carbocycles. The Bertz CT molecular complexity index is 643. The molecule has 0 heterocycles. The van der Waals surface area contributed by atoms with Crippen molar-refractivity contribution in [1.82, 2.24) is 10.2 Å². The molecule has 2 aromatic rings. The van der Waals surface area contributed by atoms with Crippen LogP contribution in [-0.2, 0) is 17.8 Å². The third-order valence-corrected chi connectivity index (χ3v) is 4.88. The molecule has 2 rings (SSSR count). The van der Waals surface area contributed by atoms with Crippen molar-refractivity contribution < 1.29 is 4.79 Å². The van der Waals surface area contributed by atoms with Gasteiger partial charge < -0.3 is 5.32 Å². The smallest absolute Gasteiger partial charge is 0.234 e. The Morgan fingerprint density at radius 2 is 1.76 bits per heavy atom. The summed E-state index contributed by atoms with van der Waals surface area (Å²) < 4.78 is 0. The highest BCUT2D eigenvalue weighted by Crippen LogP contribution is 2.15. The predicted molar refractivity (Wildman–Crippen MR) is 107 cm³/mol. The Morgan fingerprint density at radius 3 is 2.40 bits per heavy atom. The number of amides is 1. The van der Waals surface area contributed by atoms with Crippen LogP contribution in [0, 0.1) is 0 Å². The minimum atomic E-state index is 0.0868. The fourth-order valence-corrected chi connectivity index (χ4v) is 3.17. The van der Waals surface area contributed by atoms with Crippen molar-refractivity contribution >= 4 is 17.7 Å². The van der Waals surface area contributed by atoms with Crippen LogP contribution in [0.25, 0.3) is 0 Å². The minimum absolute atomic E-state index is 0.0868. The monoisotopic (exact) mass is 356 g/mol. The van der Waals surface area contributed by atoms with Crippen LogP contribution in [0.3, 0.4) is 0 Å². The van der Waals surface area contributed by atoms with Crippen molar-refractivity contribution in [2.45, 2.75) is 37.2 Å². The second kappa shape index (κ2) is 10.3. The molecule has 1 atom stereocenters. The number of hydrogen-bond donors (Lipinski definition) is 1. The van der Waals surface area contributed by atoms with Crippen molar-refractivity contribution in [3.05, 3.63) is 65.7 Å². The number of rotatable bonds is 9. The summed E-state index contributed by atoms with van der Waals surface area (Å²) in [5.74, 6) is 0.0868. The molecule has 0 spiro atoms. The van der Waals surface area contributed by atoms with Crippen LogP contribution in [0.1, 0.15) is 24.5 Å². The maximum atomic E-state index is 12.2. The van der Waals surface area contributed by atoms with Gasteiger partial charge in [-0.3, -0.25) is 9.69 Å². The quantitative estimate of drug-likeness (QED) is 0.690. The van der Waals surface area contributed by atoms with E-state index in [1.165, 1.54) is 16.0 Å². The summed E-state index contributed by atoms with van der Waals surface area (Å²) in [6, 6.07) is 19.1. The lowest BCUT2D eigenvalue weighted by Gasteiger charge is -2.19. The van der Waals surface area contributed by atoms with Gasteiger partial charge in [0, 0.05) is 17.5 Å². The molecule has 0 aromatic heterocycles. The molecule has 0 aliphatic rings. The lowest BCUT2D eigenvalue weighted by atomic mass is 10.1. The van der Waals surface area contributed by atoms with Crippen LogP contribution in [0.5, 0.6) is 0 Å². The third kappa shape index (κ3) is 7.32. The van der Waals surface area contributed by atoms with Crippen molar-refractivity contribution in [2.75, 3.05) is 19.8 Å².